The topological polar surface area (TPSA) is 9.23 Å². The number of benzene rings is 1. The zero-order valence-corrected chi connectivity index (χ0v) is 14.2. The molecule has 0 aliphatic rings. The van der Waals surface area contributed by atoms with Gasteiger partial charge in [0.25, 0.3) is 0 Å². The van der Waals surface area contributed by atoms with Crippen LogP contribution >= 0.6 is 0 Å². The molecule has 0 aromatic heterocycles. The van der Waals surface area contributed by atoms with Crippen molar-refractivity contribution >= 4 is 8.32 Å². The average molecular weight is 342 g/mol. The van der Waals surface area contributed by atoms with Gasteiger partial charge in [0.2, 0.25) is 8.32 Å². The van der Waals surface area contributed by atoms with Gasteiger partial charge in [0.05, 0.1) is 0 Å². The zero-order valence-electron chi connectivity index (χ0n) is 10.5. The van der Waals surface area contributed by atoms with Gasteiger partial charge in [-0.1, -0.05) is 20.8 Å². The maximum Gasteiger partial charge on any atom is 2.00 e. The Morgan fingerprint density at radius 3 is 2.19 bits per heavy atom. The molecule has 1 nitrogen and oxygen atoms in total. The van der Waals surface area contributed by atoms with Gasteiger partial charge in [-0.25, -0.2) is 0 Å². The van der Waals surface area contributed by atoms with E-state index in [0.717, 1.165) is 5.75 Å². The maximum atomic E-state index is 6.07. The van der Waals surface area contributed by atoms with Crippen LogP contribution in [-0.2, 0) is 17.1 Å². The first-order valence-corrected chi connectivity index (χ1v) is 7.89. The van der Waals surface area contributed by atoms with Gasteiger partial charge in [-0.05, 0) is 23.9 Å². The molecule has 0 unspecified atom stereocenters. The zero-order chi connectivity index (χ0) is 10.8. The summed E-state index contributed by atoms with van der Waals surface area (Å²) in [6.07, 6.45) is 0. The second kappa shape index (κ2) is 6.85. The standard InChI is InChI=1S/C12H19OSi.BrH.Mn/c1-12(2,3)14(4,5)13-11-9-7-6-8-10-11;;/h6-7,9-10H,1-5H3;1H;/q-1;;+2/p-1. The van der Waals surface area contributed by atoms with Gasteiger partial charge in [-0.3, -0.25) is 0 Å². The Hall–Kier alpha value is 0.236. The average Bonchev–Trinajstić information content (AvgIpc) is 2.03. The summed E-state index contributed by atoms with van der Waals surface area (Å²) in [5.41, 5.74) is 0. The molecule has 0 heterocycles. The van der Waals surface area contributed by atoms with Gasteiger partial charge in [-0.2, -0.15) is 18.2 Å². The molecule has 0 fully saturated rings. The van der Waals surface area contributed by atoms with E-state index >= 15 is 0 Å². The molecule has 0 aliphatic heterocycles. The predicted octanol–water partition coefficient (Wildman–Crippen LogP) is 0.872. The monoisotopic (exact) mass is 341 g/mol. The van der Waals surface area contributed by atoms with Crippen molar-refractivity contribution in [3.8, 4) is 5.75 Å². The largest absolute Gasteiger partial charge is 2.00 e. The van der Waals surface area contributed by atoms with Crippen molar-refractivity contribution in [2.75, 3.05) is 0 Å². The van der Waals surface area contributed by atoms with E-state index in [0.29, 0.717) is 0 Å². The van der Waals surface area contributed by atoms with E-state index in [4.69, 9.17) is 4.43 Å². The molecule has 0 saturated carbocycles. The third-order valence-electron chi connectivity index (χ3n) is 2.86. The molecule has 0 bridgehead atoms. The summed E-state index contributed by atoms with van der Waals surface area (Å²) in [6.45, 7) is 11.2. The van der Waals surface area contributed by atoms with Crippen LogP contribution in [0.2, 0.25) is 18.1 Å². The van der Waals surface area contributed by atoms with Gasteiger partial charge in [0.1, 0.15) is 0 Å². The molecule has 4 heteroatoms. The second-order valence-corrected chi connectivity index (χ2v) is 9.83. The van der Waals surface area contributed by atoms with Crippen LogP contribution in [0.25, 0.3) is 0 Å². The molecule has 1 aromatic rings. The van der Waals surface area contributed by atoms with Gasteiger partial charge >= 0.3 is 17.1 Å². The van der Waals surface area contributed by atoms with Crippen molar-refractivity contribution in [1.82, 2.24) is 0 Å². The molecular weight excluding hydrogens is 323 g/mol. The number of hydrogen-bond donors (Lipinski definition) is 0. The van der Waals surface area contributed by atoms with E-state index in [1.54, 1.807) is 0 Å². The number of rotatable bonds is 2. The van der Waals surface area contributed by atoms with Crippen molar-refractivity contribution in [3.63, 3.8) is 0 Å². The van der Waals surface area contributed by atoms with Crippen LogP contribution in [0.3, 0.4) is 0 Å². The van der Waals surface area contributed by atoms with Gasteiger partial charge in [-0.15, -0.1) is 12.1 Å². The fourth-order valence-electron chi connectivity index (χ4n) is 0.888. The molecule has 0 spiro atoms. The summed E-state index contributed by atoms with van der Waals surface area (Å²) in [6, 6.07) is 10.8. The van der Waals surface area contributed by atoms with Crippen molar-refractivity contribution in [2.45, 2.75) is 38.9 Å². The van der Waals surface area contributed by atoms with Crippen molar-refractivity contribution in [1.29, 1.82) is 0 Å². The summed E-state index contributed by atoms with van der Waals surface area (Å²) in [7, 11) is -1.67. The van der Waals surface area contributed by atoms with Gasteiger partial charge in [0, 0.05) is 0 Å². The quantitative estimate of drug-likeness (QED) is 0.573. The van der Waals surface area contributed by atoms with Crippen LogP contribution in [0.1, 0.15) is 20.8 Å². The first kappa shape index (κ1) is 18.6. The van der Waals surface area contributed by atoms with E-state index in [1.807, 2.05) is 24.3 Å². The normalized spacial score (nSPS) is 11.1. The molecule has 0 saturated heterocycles. The van der Waals surface area contributed by atoms with E-state index in [-0.39, 0.29) is 39.1 Å². The minimum Gasteiger partial charge on any atom is -1.00 e. The molecule has 0 amide bonds. The number of halogens is 1. The summed E-state index contributed by atoms with van der Waals surface area (Å²) in [4.78, 5) is 0. The molecule has 16 heavy (non-hydrogen) atoms. The van der Waals surface area contributed by atoms with Crippen LogP contribution in [0, 0.1) is 6.07 Å². The van der Waals surface area contributed by atoms with E-state index < -0.39 is 8.32 Å². The maximum absolute atomic E-state index is 6.07. The van der Waals surface area contributed by atoms with Crippen LogP contribution < -0.4 is 21.4 Å². The Morgan fingerprint density at radius 2 is 1.81 bits per heavy atom. The molecule has 1 radical (unpaired) electrons. The third kappa shape index (κ3) is 5.04. The fraction of sp³-hybridized carbons (Fsp3) is 0.500. The first-order valence-electron chi connectivity index (χ1n) is 4.98. The van der Waals surface area contributed by atoms with Crippen LogP contribution in [0.4, 0.5) is 0 Å². The van der Waals surface area contributed by atoms with E-state index in [2.05, 4.69) is 39.9 Å². The molecule has 0 N–H and O–H groups in total. The van der Waals surface area contributed by atoms with Gasteiger partial charge < -0.3 is 21.4 Å². The Bertz CT molecular complexity index is 296. The fourth-order valence-corrected chi connectivity index (χ4v) is 1.91. The molecule has 0 aliphatic carbocycles. The SMILES string of the molecule is CC(C)(C)[Si](C)(C)Oc1c[c-]ccc1.[Br-].[Mn+2]. The molecule has 91 valence electrons. The van der Waals surface area contributed by atoms with Crippen LogP contribution in [0.5, 0.6) is 5.75 Å². The number of hydrogen-bond acceptors (Lipinski definition) is 1. The Morgan fingerprint density at radius 1 is 1.25 bits per heavy atom. The predicted molar refractivity (Wildman–Crippen MR) is 63.1 cm³/mol. The minimum atomic E-state index is -1.67. The second-order valence-electron chi connectivity index (χ2n) is 5.10. The molecule has 1 aromatic carbocycles. The van der Waals surface area contributed by atoms with Crippen LogP contribution in [0.15, 0.2) is 24.3 Å². The van der Waals surface area contributed by atoms with Crippen molar-refractivity contribution < 1.29 is 38.5 Å². The third-order valence-corrected chi connectivity index (χ3v) is 7.22. The smallest absolute Gasteiger partial charge is 1.00 e. The summed E-state index contributed by atoms with van der Waals surface area (Å²) in [5.74, 6) is 0.944. The van der Waals surface area contributed by atoms with Gasteiger partial charge in [0.15, 0.2) is 0 Å². The van der Waals surface area contributed by atoms with Crippen molar-refractivity contribution in [2.24, 2.45) is 0 Å². The van der Waals surface area contributed by atoms with Crippen LogP contribution in [-0.4, -0.2) is 8.32 Å². The molecular formula is C12H19BrMnOSi. The van der Waals surface area contributed by atoms with Crippen molar-refractivity contribution in [3.05, 3.63) is 30.3 Å². The first-order chi connectivity index (χ1) is 6.33. The Kier molecular flexibility index (Phi) is 7.96. The van der Waals surface area contributed by atoms with E-state index in [9.17, 15) is 0 Å². The molecule has 0 atom stereocenters. The van der Waals surface area contributed by atoms with E-state index in [1.165, 1.54) is 0 Å². The minimum absolute atomic E-state index is 0. The summed E-state index contributed by atoms with van der Waals surface area (Å²) in [5, 5.41) is 0.253. The summed E-state index contributed by atoms with van der Waals surface area (Å²) < 4.78 is 6.07. The summed E-state index contributed by atoms with van der Waals surface area (Å²) >= 11 is 0. The Labute approximate surface area is 121 Å². The Balaban J connectivity index is 0. The molecule has 1 rings (SSSR count).